The molecule has 7 heterocycles. The third-order valence-corrected chi connectivity index (χ3v) is 13.7. The molecule has 7 aliphatic heterocycles. The summed E-state index contributed by atoms with van der Waals surface area (Å²) in [5, 5.41) is 38.8. The Morgan fingerprint density at radius 2 is 1.75 bits per heavy atom. The zero-order valence-corrected chi connectivity index (χ0v) is 32.1. The third kappa shape index (κ3) is 4.97. The van der Waals surface area contributed by atoms with Gasteiger partial charge in [0.2, 0.25) is 18.3 Å². The molecule has 292 valence electrons. The first kappa shape index (κ1) is 36.1. The number of esters is 2. The van der Waals surface area contributed by atoms with Crippen molar-refractivity contribution in [1.29, 1.82) is 0 Å². The molecule has 15 nitrogen and oxygen atoms in total. The van der Waals surface area contributed by atoms with Crippen LogP contribution in [-0.2, 0) is 32.0 Å². The number of aliphatic hydroxyl groups excluding tert-OH is 1. The number of phenols is 2. The minimum absolute atomic E-state index is 0.0196. The fraction of sp³-hybridized carbons (Fsp3) is 0.487. The van der Waals surface area contributed by atoms with Crippen LogP contribution in [0.2, 0.25) is 0 Å². The first-order valence-corrected chi connectivity index (χ1v) is 19.2. The van der Waals surface area contributed by atoms with Gasteiger partial charge >= 0.3 is 11.9 Å². The number of likely N-dealkylation sites (N-methyl/N-ethyl adjacent to an activating group) is 1. The van der Waals surface area contributed by atoms with Crippen LogP contribution in [0.3, 0.4) is 0 Å². The number of rotatable bonds is 4. The smallest absolute Gasteiger partial charge is 0.341 e. The molecule has 1 spiro atoms. The number of hydrogen-bond donors (Lipinski definition) is 4. The topological polar surface area (TPSA) is 178 Å². The number of ether oxygens (including phenoxy) is 7. The Bertz CT molecular complexity index is 2150. The highest BCUT2D eigenvalue weighted by Crippen LogP contribution is 2.64. The van der Waals surface area contributed by atoms with E-state index in [0.717, 1.165) is 16.7 Å². The second-order valence-electron chi connectivity index (χ2n) is 14.8. The maximum Gasteiger partial charge on any atom is 0.341 e. The highest BCUT2D eigenvalue weighted by Gasteiger charge is 2.61. The van der Waals surface area contributed by atoms with Gasteiger partial charge < -0.3 is 48.5 Å². The van der Waals surface area contributed by atoms with Gasteiger partial charge in [0.05, 0.1) is 39.5 Å². The van der Waals surface area contributed by atoms with Crippen molar-refractivity contribution < 1.29 is 58.1 Å². The lowest BCUT2D eigenvalue weighted by atomic mass is 9.69. The van der Waals surface area contributed by atoms with E-state index in [1.165, 1.54) is 40.0 Å². The molecule has 0 aliphatic carbocycles. The Hall–Kier alpha value is -4.61. The first-order chi connectivity index (χ1) is 26.4. The largest absolute Gasteiger partial charge is 0.504 e. The Labute approximate surface area is 321 Å². The number of hydrogen-bond acceptors (Lipinski definition) is 16. The number of nitrogens with zero attached hydrogens (tertiary/aromatic N) is 2. The average Bonchev–Trinajstić information content (AvgIpc) is 3.64. The van der Waals surface area contributed by atoms with Crippen LogP contribution < -0.4 is 33.7 Å². The quantitative estimate of drug-likeness (QED) is 0.224. The molecule has 3 aromatic carbocycles. The van der Waals surface area contributed by atoms with Crippen molar-refractivity contribution in [3.8, 4) is 46.0 Å². The summed E-state index contributed by atoms with van der Waals surface area (Å²) in [6.45, 7) is 3.24. The van der Waals surface area contributed by atoms with E-state index in [-0.39, 0.29) is 53.6 Å². The van der Waals surface area contributed by atoms with Crippen LogP contribution in [0.25, 0.3) is 0 Å². The Morgan fingerprint density at radius 1 is 0.982 bits per heavy atom. The van der Waals surface area contributed by atoms with Crippen LogP contribution in [0.15, 0.2) is 18.2 Å². The minimum Gasteiger partial charge on any atom is -0.504 e. The van der Waals surface area contributed by atoms with Crippen molar-refractivity contribution in [3.05, 3.63) is 57.1 Å². The number of aliphatic hydroxyl groups is 1. The number of aromatic hydroxyl groups is 2. The number of fused-ring (bicyclic) bond motifs is 9. The normalized spacial score (nSPS) is 29.0. The van der Waals surface area contributed by atoms with Crippen molar-refractivity contribution in [2.24, 2.45) is 0 Å². The van der Waals surface area contributed by atoms with Crippen LogP contribution in [0.4, 0.5) is 0 Å². The van der Waals surface area contributed by atoms with Crippen LogP contribution in [0, 0.1) is 6.92 Å². The number of carbonyl (C=O) groups excluding carboxylic acids is 2. The zero-order valence-electron chi connectivity index (χ0n) is 31.3. The van der Waals surface area contributed by atoms with E-state index in [4.69, 9.17) is 33.2 Å². The molecule has 7 aliphatic rings. The summed E-state index contributed by atoms with van der Waals surface area (Å²) in [5.74, 6) is -0.0792. The van der Waals surface area contributed by atoms with Gasteiger partial charge in [-0.05, 0) is 55.6 Å². The Kier molecular flexibility index (Phi) is 8.51. The monoisotopic (exact) mass is 777 g/mol. The number of carbonyl (C=O) groups is 2. The van der Waals surface area contributed by atoms with Crippen molar-refractivity contribution >= 4 is 23.7 Å². The van der Waals surface area contributed by atoms with Crippen molar-refractivity contribution in [2.45, 2.75) is 67.9 Å². The summed E-state index contributed by atoms with van der Waals surface area (Å²) < 4.78 is 41.8. The van der Waals surface area contributed by atoms with Crippen molar-refractivity contribution in [2.75, 3.05) is 54.1 Å². The lowest BCUT2D eigenvalue weighted by Crippen LogP contribution is -2.70. The second-order valence-corrected chi connectivity index (χ2v) is 16.0. The minimum atomic E-state index is -1.44. The van der Waals surface area contributed by atoms with Gasteiger partial charge in [-0.25, -0.2) is 4.79 Å². The molecule has 3 aromatic rings. The number of piperazine rings is 1. The maximum atomic E-state index is 14.7. The first-order valence-electron chi connectivity index (χ1n) is 18.2. The Balaban J connectivity index is 1.33. The van der Waals surface area contributed by atoms with Gasteiger partial charge in [0, 0.05) is 53.4 Å². The fourth-order valence-electron chi connectivity index (χ4n) is 10.0. The van der Waals surface area contributed by atoms with Gasteiger partial charge in [0.15, 0.2) is 39.4 Å². The molecule has 0 amide bonds. The molecule has 2 saturated heterocycles. The molecule has 7 atom stereocenters. The van der Waals surface area contributed by atoms with Gasteiger partial charge in [-0.1, -0.05) is 6.07 Å². The van der Waals surface area contributed by atoms with Crippen LogP contribution in [0.5, 0.6) is 46.0 Å². The van der Waals surface area contributed by atoms with Crippen LogP contribution >= 0.6 is 11.8 Å². The van der Waals surface area contributed by atoms with E-state index in [1.54, 1.807) is 12.1 Å². The zero-order chi connectivity index (χ0) is 38.7. The number of methoxy groups -OCH3 is 3. The third-order valence-electron chi connectivity index (χ3n) is 12.2. The van der Waals surface area contributed by atoms with E-state index >= 15 is 0 Å². The SMILES string of the molecule is COc1cc2c(cc1O)CCN[C@@]21SC[C@@H]2c3c(OC(C)=O)c(OC)c4c(c3C(COC1=O)N1C2C2c3c(cc(C)c(OC)c3O)CC([C@@H]1O)N2C)OCO4. The standard InChI is InChI=1S/C39H43N3O12S/c1-16-9-19-10-22-37(46)42-23-13-51-38(47)39(21-12-25(48-4)24(44)11-18(21)7-8-40-39)55-14-20(29(42)30(41(22)3)26(19)31(45)32(16)49-5)27-28(23)33-36(53-15-52-33)35(50-6)34(27)54-17(2)43/h9,11-12,20,22-23,29-30,37,40,44-46H,7-8,10,13-15H2,1-6H3/t20-,22?,23?,29?,30?,37+,39-/m1/s1. The molecule has 0 aromatic heterocycles. The predicted octanol–water partition coefficient (Wildman–Crippen LogP) is 3.11. The Morgan fingerprint density at radius 3 is 2.47 bits per heavy atom. The molecule has 4 bridgehead atoms. The molecule has 2 fully saturated rings. The lowest BCUT2D eigenvalue weighted by Gasteiger charge is -2.62. The van der Waals surface area contributed by atoms with E-state index in [0.29, 0.717) is 53.1 Å². The molecule has 4 N–H and O–H groups in total. The van der Waals surface area contributed by atoms with E-state index < -0.39 is 53.1 Å². The number of thioether (sulfide) groups is 1. The van der Waals surface area contributed by atoms with E-state index in [1.807, 2.05) is 24.9 Å². The number of aryl methyl sites for hydroxylation is 1. The molecular formula is C39H43N3O12S. The van der Waals surface area contributed by atoms with E-state index in [2.05, 4.69) is 10.2 Å². The van der Waals surface area contributed by atoms with Crippen LogP contribution in [-0.4, -0.2) is 109 Å². The molecule has 4 unspecified atom stereocenters. The molecular weight excluding hydrogens is 735 g/mol. The van der Waals surface area contributed by atoms with Gasteiger partial charge in [0.25, 0.3) is 0 Å². The van der Waals surface area contributed by atoms with Crippen LogP contribution in [0.1, 0.15) is 63.9 Å². The molecule has 16 heteroatoms. The van der Waals surface area contributed by atoms with Crippen molar-refractivity contribution in [1.82, 2.24) is 15.1 Å². The van der Waals surface area contributed by atoms with Crippen molar-refractivity contribution in [3.63, 3.8) is 0 Å². The molecule has 10 rings (SSSR count). The summed E-state index contributed by atoms with van der Waals surface area (Å²) in [6.07, 6.45) is -0.0933. The summed E-state index contributed by atoms with van der Waals surface area (Å²) in [7, 11) is 6.38. The maximum absolute atomic E-state index is 14.7. The number of benzene rings is 3. The van der Waals surface area contributed by atoms with Gasteiger partial charge in [-0.15, -0.1) is 11.8 Å². The lowest BCUT2D eigenvalue weighted by molar-refractivity contribution is -0.189. The second kappa shape index (κ2) is 13.0. The fourth-order valence-corrected chi connectivity index (χ4v) is 11.5. The highest BCUT2D eigenvalue weighted by atomic mass is 32.2. The number of nitrogens with one attached hydrogen (secondary N) is 1. The van der Waals surface area contributed by atoms with Gasteiger partial charge in [0.1, 0.15) is 12.8 Å². The highest BCUT2D eigenvalue weighted by molar-refractivity contribution is 8.00. The summed E-state index contributed by atoms with van der Waals surface area (Å²) in [4.78, 5) is 30.3. The van der Waals surface area contributed by atoms with E-state index in [9.17, 15) is 24.9 Å². The molecule has 0 saturated carbocycles. The predicted molar refractivity (Wildman–Crippen MR) is 196 cm³/mol. The van der Waals surface area contributed by atoms with Gasteiger partial charge in [-0.3, -0.25) is 19.9 Å². The number of phenolic OH excluding ortho intramolecular Hbond substituents is 2. The summed E-state index contributed by atoms with van der Waals surface area (Å²) >= 11 is 1.31. The molecule has 55 heavy (non-hydrogen) atoms. The summed E-state index contributed by atoms with van der Waals surface area (Å²) in [5.41, 5.74) is 4.85. The molecule has 0 radical (unpaired) electrons. The summed E-state index contributed by atoms with van der Waals surface area (Å²) in [6, 6.07) is 2.94. The average molecular weight is 778 g/mol. The van der Waals surface area contributed by atoms with Gasteiger partial charge in [-0.2, -0.15) is 0 Å².